The number of aryl methyl sites for hydroxylation is 1. The van der Waals surface area contributed by atoms with Gasteiger partial charge in [0.25, 0.3) is 0 Å². The van der Waals surface area contributed by atoms with E-state index in [1.54, 1.807) is 12.4 Å². The highest BCUT2D eigenvalue weighted by Gasteiger charge is 2.38. The maximum absolute atomic E-state index is 12.5. The van der Waals surface area contributed by atoms with E-state index in [0.717, 1.165) is 21.2 Å². The molecule has 1 aromatic heterocycles. The summed E-state index contributed by atoms with van der Waals surface area (Å²) in [5.41, 5.74) is 2.89. The van der Waals surface area contributed by atoms with Crippen molar-refractivity contribution in [2.45, 2.75) is 25.2 Å². The number of pyridine rings is 1. The summed E-state index contributed by atoms with van der Waals surface area (Å²) in [5, 5.41) is 2.46. The second-order valence-corrected chi connectivity index (χ2v) is 6.40. The van der Waals surface area contributed by atoms with E-state index in [0.29, 0.717) is 0 Å². The highest BCUT2D eigenvalue weighted by molar-refractivity contribution is 9.10. The minimum absolute atomic E-state index is 0.185. The van der Waals surface area contributed by atoms with Gasteiger partial charge in [0.05, 0.1) is 5.92 Å². The number of carbonyl (C=O) groups excluding carboxylic acids is 2. The van der Waals surface area contributed by atoms with E-state index in [1.807, 2.05) is 37.3 Å². The molecule has 1 aliphatic heterocycles. The van der Waals surface area contributed by atoms with Crippen molar-refractivity contribution in [1.82, 2.24) is 10.3 Å². The minimum Gasteiger partial charge on any atom is -0.296 e. The normalized spacial score (nSPS) is 21.5. The van der Waals surface area contributed by atoms with E-state index < -0.39 is 0 Å². The summed E-state index contributed by atoms with van der Waals surface area (Å²) in [4.78, 5) is 28.4. The molecule has 0 radical (unpaired) electrons. The van der Waals surface area contributed by atoms with Crippen LogP contribution in [0.25, 0.3) is 0 Å². The predicted molar refractivity (Wildman–Crippen MR) is 86.4 cm³/mol. The van der Waals surface area contributed by atoms with Crippen LogP contribution in [0.5, 0.6) is 0 Å². The van der Waals surface area contributed by atoms with E-state index in [2.05, 4.69) is 26.2 Å². The molecule has 4 nitrogen and oxygen atoms in total. The van der Waals surface area contributed by atoms with Crippen molar-refractivity contribution in [1.29, 1.82) is 0 Å². The van der Waals surface area contributed by atoms with Gasteiger partial charge in [-0.3, -0.25) is 19.9 Å². The molecule has 1 aliphatic rings. The lowest BCUT2D eigenvalue weighted by Gasteiger charge is -2.31. The molecule has 2 amide bonds. The van der Waals surface area contributed by atoms with Gasteiger partial charge in [-0.15, -0.1) is 0 Å². The Morgan fingerprint density at radius 1 is 1.27 bits per heavy atom. The van der Waals surface area contributed by atoms with Crippen LogP contribution in [-0.2, 0) is 9.59 Å². The van der Waals surface area contributed by atoms with Crippen LogP contribution in [0.2, 0.25) is 0 Å². The number of amides is 2. The first-order valence-corrected chi connectivity index (χ1v) is 7.85. The summed E-state index contributed by atoms with van der Waals surface area (Å²) in [7, 11) is 0. The Kier molecular flexibility index (Phi) is 4.07. The van der Waals surface area contributed by atoms with Crippen molar-refractivity contribution in [2.75, 3.05) is 0 Å². The number of imide groups is 1. The number of piperidine rings is 1. The van der Waals surface area contributed by atoms with Gasteiger partial charge in [0, 0.05) is 29.2 Å². The van der Waals surface area contributed by atoms with Gasteiger partial charge in [-0.1, -0.05) is 28.1 Å². The molecule has 2 heterocycles. The smallest absolute Gasteiger partial charge is 0.234 e. The van der Waals surface area contributed by atoms with E-state index in [-0.39, 0.29) is 30.1 Å². The van der Waals surface area contributed by atoms with Crippen LogP contribution in [-0.4, -0.2) is 16.8 Å². The molecule has 22 heavy (non-hydrogen) atoms. The molecule has 0 spiro atoms. The van der Waals surface area contributed by atoms with Crippen molar-refractivity contribution in [3.8, 4) is 0 Å². The van der Waals surface area contributed by atoms with Gasteiger partial charge in [-0.2, -0.15) is 0 Å². The van der Waals surface area contributed by atoms with Gasteiger partial charge >= 0.3 is 0 Å². The summed E-state index contributed by atoms with van der Waals surface area (Å²) in [6, 6.07) is 9.61. The third kappa shape index (κ3) is 2.81. The number of halogens is 1. The fraction of sp³-hybridized carbons (Fsp3) is 0.235. The van der Waals surface area contributed by atoms with E-state index in [4.69, 9.17) is 0 Å². The number of rotatable bonds is 2. The van der Waals surface area contributed by atoms with E-state index >= 15 is 0 Å². The SMILES string of the molecule is Cc1cc(Br)ccc1[C@H]1C(=O)NC(=O)C[C@@H]1c1cccnc1. The van der Waals surface area contributed by atoms with Crippen molar-refractivity contribution in [3.63, 3.8) is 0 Å². The summed E-state index contributed by atoms with van der Waals surface area (Å²) in [6.45, 7) is 1.98. The molecule has 3 rings (SSSR count). The van der Waals surface area contributed by atoms with Crippen LogP contribution < -0.4 is 5.32 Å². The fourth-order valence-corrected chi connectivity index (χ4v) is 3.49. The summed E-state index contributed by atoms with van der Waals surface area (Å²) >= 11 is 3.44. The molecule has 1 saturated heterocycles. The number of aromatic nitrogens is 1. The second kappa shape index (κ2) is 6.01. The molecule has 0 saturated carbocycles. The average molecular weight is 359 g/mol. The number of hydrogen-bond acceptors (Lipinski definition) is 3. The van der Waals surface area contributed by atoms with Crippen LogP contribution in [0, 0.1) is 6.92 Å². The van der Waals surface area contributed by atoms with E-state index in [9.17, 15) is 9.59 Å². The first-order chi connectivity index (χ1) is 10.6. The van der Waals surface area contributed by atoms with Crippen molar-refractivity contribution < 1.29 is 9.59 Å². The van der Waals surface area contributed by atoms with Crippen LogP contribution in [0.4, 0.5) is 0 Å². The molecular weight excluding hydrogens is 344 g/mol. The Morgan fingerprint density at radius 2 is 2.09 bits per heavy atom. The zero-order chi connectivity index (χ0) is 15.7. The predicted octanol–water partition coefficient (Wildman–Crippen LogP) is 3.07. The molecule has 1 aromatic carbocycles. The molecule has 112 valence electrons. The zero-order valence-corrected chi connectivity index (χ0v) is 13.6. The summed E-state index contributed by atoms with van der Waals surface area (Å²) < 4.78 is 0.971. The van der Waals surface area contributed by atoms with Gasteiger partial charge < -0.3 is 0 Å². The molecular formula is C17H15BrN2O2. The Balaban J connectivity index is 2.08. The molecule has 5 heteroatoms. The van der Waals surface area contributed by atoms with E-state index in [1.165, 1.54) is 0 Å². The molecule has 0 aliphatic carbocycles. The second-order valence-electron chi connectivity index (χ2n) is 5.49. The van der Waals surface area contributed by atoms with Crippen LogP contribution >= 0.6 is 15.9 Å². The van der Waals surface area contributed by atoms with Crippen LogP contribution in [0.15, 0.2) is 47.2 Å². The van der Waals surface area contributed by atoms with Gasteiger partial charge in [0.1, 0.15) is 0 Å². The molecule has 1 N–H and O–H groups in total. The number of nitrogens with one attached hydrogen (secondary N) is 1. The molecule has 0 bridgehead atoms. The molecule has 2 aromatic rings. The van der Waals surface area contributed by atoms with Crippen molar-refractivity contribution in [3.05, 3.63) is 63.9 Å². The summed E-state index contributed by atoms with van der Waals surface area (Å²) in [5.74, 6) is -1.04. The molecule has 0 unspecified atom stereocenters. The monoisotopic (exact) mass is 358 g/mol. The number of nitrogens with zero attached hydrogens (tertiary/aromatic N) is 1. The Hall–Kier alpha value is -2.01. The van der Waals surface area contributed by atoms with Gasteiger partial charge in [-0.05, 0) is 41.8 Å². The Labute approximate surface area is 137 Å². The topological polar surface area (TPSA) is 59.1 Å². The number of hydrogen-bond donors (Lipinski definition) is 1. The minimum atomic E-state index is -0.380. The number of benzene rings is 1. The largest absolute Gasteiger partial charge is 0.296 e. The Bertz CT molecular complexity index is 731. The maximum atomic E-state index is 12.5. The maximum Gasteiger partial charge on any atom is 0.234 e. The van der Waals surface area contributed by atoms with Crippen LogP contribution in [0.3, 0.4) is 0 Å². The van der Waals surface area contributed by atoms with Crippen molar-refractivity contribution >= 4 is 27.7 Å². The quantitative estimate of drug-likeness (QED) is 0.839. The van der Waals surface area contributed by atoms with Crippen molar-refractivity contribution in [2.24, 2.45) is 0 Å². The van der Waals surface area contributed by atoms with Gasteiger partial charge in [0.15, 0.2) is 0 Å². The zero-order valence-electron chi connectivity index (χ0n) is 12.0. The van der Waals surface area contributed by atoms with Gasteiger partial charge in [-0.25, -0.2) is 0 Å². The highest BCUT2D eigenvalue weighted by atomic mass is 79.9. The Morgan fingerprint density at radius 3 is 2.77 bits per heavy atom. The molecule has 1 fully saturated rings. The van der Waals surface area contributed by atoms with Crippen LogP contribution in [0.1, 0.15) is 34.9 Å². The standard InChI is InChI=1S/C17H15BrN2O2/c1-10-7-12(18)4-5-13(10)16-14(8-15(21)20-17(16)22)11-3-2-6-19-9-11/h2-7,9,14,16H,8H2,1H3,(H,20,21,22)/t14-,16-/m1/s1. The van der Waals surface area contributed by atoms with Gasteiger partial charge in [0.2, 0.25) is 11.8 Å². The first-order valence-electron chi connectivity index (χ1n) is 7.06. The lowest BCUT2D eigenvalue weighted by Crippen LogP contribution is -2.43. The lowest BCUT2D eigenvalue weighted by molar-refractivity contribution is -0.135. The first kappa shape index (κ1) is 14.9. The third-order valence-electron chi connectivity index (χ3n) is 4.03. The fourth-order valence-electron chi connectivity index (χ4n) is 3.02. The lowest BCUT2D eigenvalue weighted by atomic mass is 9.76. The average Bonchev–Trinajstić information content (AvgIpc) is 2.49. The summed E-state index contributed by atoms with van der Waals surface area (Å²) in [6.07, 6.45) is 3.71. The number of carbonyl (C=O) groups is 2. The molecule has 2 atom stereocenters. The highest BCUT2D eigenvalue weighted by Crippen LogP contribution is 2.39. The third-order valence-corrected chi connectivity index (χ3v) is 4.53.